The molecule has 0 N–H and O–H groups in total. The first-order chi connectivity index (χ1) is 7.69. The highest BCUT2D eigenvalue weighted by Crippen LogP contribution is 2.24. The van der Waals surface area contributed by atoms with E-state index in [-0.39, 0.29) is 5.92 Å². The van der Waals surface area contributed by atoms with Gasteiger partial charge in [-0.25, -0.2) is 4.39 Å². The summed E-state index contributed by atoms with van der Waals surface area (Å²) in [7, 11) is 0. The van der Waals surface area contributed by atoms with Crippen LogP contribution in [0, 0.1) is 12.8 Å². The second-order valence-corrected chi connectivity index (χ2v) is 4.44. The molecule has 0 spiro atoms. The van der Waals surface area contributed by atoms with E-state index in [0.717, 1.165) is 19.4 Å². The van der Waals surface area contributed by atoms with Gasteiger partial charge in [-0.3, -0.25) is 4.90 Å². The molecule has 2 atom stereocenters. The Morgan fingerprint density at radius 1 is 1.56 bits per heavy atom. The van der Waals surface area contributed by atoms with Gasteiger partial charge in [0.15, 0.2) is 5.82 Å². The van der Waals surface area contributed by atoms with Gasteiger partial charge in [-0.05, 0) is 25.8 Å². The van der Waals surface area contributed by atoms with Crippen LogP contribution in [0.3, 0.4) is 0 Å². The van der Waals surface area contributed by atoms with Crippen molar-refractivity contribution in [2.75, 3.05) is 13.1 Å². The van der Waals surface area contributed by atoms with Gasteiger partial charge in [0, 0.05) is 6.54 Å². The summed E-state index contributed by atoms with van der Waals surface area (Å²) in [5, 5.41) is 3.73. The van der Waals surface area contributed by atoms with Gasteiger partial charge < -0.3 is 4.52 Å². The molecule has 16 heavy (non-hydrogen) atoms. The molecule has 1 aromatic heterocycles. The fourth-order valence-corrected chi connectivity index (χ4v) is 2.22. The van der Waals surface area contributed by atoms with E-state index in [9.17, 15) is 4.39 Å². The van der Waals surface area contributed by atoms with Crippen molar-refractivity contribution in [3.63, 3.8) is 0 Å². The van der Waals surface area contributed by atoms with Crippen molar-refractivity contribution in [3.05, 3.63) is 11.7 Å². The van der Waals surface area contributed by atoms with Gasteiger partial charge >= 0.3 is 0 Å². The van der Waals surface area contributed by atoms with Gasteiger partial charge in [-0.1, -0.05) is 18.5 Å². The lowest BCUT2D eigenvalue weighted by Crippen LogP contribution is -2.41. The average Bonchev–Trinajstić information content (AvgIpc) is 2.64. The first-order valence-electron chi connectivity index (χ1n) is 5.84. The van der Waals surface area contributed by atoms with E-state index >= 15 is 0 Å². The summed E-state index contributed by atoms with van der Waals surface area (Å²) in [4.78, 5) is 6.17. The van der Waals surface area contributed by atoms with E-state index in [1.807, 2.05) is 11.8 Å². The van der Waals surface area contributed by atoms with E-state index < -0.39 is 6.17 Å². The van der Waals surface area contributed by atoms with Crippen molar-refractivity contribution in [2.45, 2.75) is 39.4 Å². The fourth-order valence-electron chi connectivity index (χ4n) is 2.22. The number of likely N-dealkylation sites (tertiary alicyclic amines) is 1. The van der Waals surface area contributed by atoms with Gasteiger partial charge in [-0.2, -0.15) is 4.98 Å². The third-order valence-corrected chi connectivity index (χ3v) is 3.21. The van der Waals surface area contributed by atoms with Gasteiger partial charge in [0.1, 0.15) is 6.17 Å². The van der Waals surface area contributed by atoms with Crippen LogP contribution in [-0.2, 0) is 6.54 Å². The molecule has 0 bridgehead atoms. The van der Waals surface area contributed by atoms with E-state index in [4.69, 9.17) is 4.52 Å². The summed E-state index contributed by atoms with van der Waals surface area (Å²) >= 11 is 0. The third-order valence-electron chi connectivity index (χ3n) is 3.21. The Balaban J connectivity index is 1.88. The van der Waals surface area contributed by atoms with Gasteiger partial charge in [-0.15, -0.1) is 0 Å². The summed E-state index contributed by atoms with van der Waals surface area (Å²) in [6.45, 7) is 5.81. The van der Waals surface area contributed by atoms with Gasteiger partial charge in [0.05, 0.1) is 6.54 Å². The summed E-state index contributed by atoms with van der Waals surface area (Å²) in [6.07, 6.45) is 1.13. The van der Waals surface area contributed by atoms with Crippen LogP contribution < -0.4 is 0 Å². The monoisotopic (exact) mass is 227 g/mol. The fraction of sp³-hybridized carbons (Fsp3) is 0.818. The minimum Gasteiger partial charge on any atom is -0.338 e. The lowest BCUT2D eigenvalue weighted by molar-refractivity contribution is 0.0713. The minimum absolute atomic E-state index is 0.223. The number of piperidine rings is 1. The van der Waals surface area contributed by atoms with E-state index in [1.165, 1.54) is 0 Å². The Morgan fingerprint density at radius 2 is 2.38 bits per heavy atom. The highest BCUT2D eigenvalue weighted by atomic mass is 19.1. The Bertz CT molecular complexity index is 342. The topological polar surface area (TPSA) is 42.2 Å². The zero-order valence-electron chi connectivity index (χ0n) is 9.82. The van der Waals surface area contributed by atoms with Gasteiger partial charge in [0.2, 0.25) is 5.89 Å². The van der Waals surface area contributed by atoms with Crippen LogP contribution in [0.2, 0.25) is 0 Å². The lowest BCUT2D eigenvalue weighted by atomic mass is 9.93. The number of hydrogen-bond donors (Lipinski definition) is 0. The second-order valence-electron chi connectivity index (χ2n) is 4.44. The van der Waals surface area contributed by atoms with Crippen molar-refractivity contribution in [1.29, 1.82) is 0 Å². The molecular formula is C11H18FN3O. The van der Waals surface area contributed by atoms with Crippen LogP contribution in [0.15, 0.2) is 4.52 Å². The molecule has 2 heterocycles. The van der Waals surface area contributed by atoms with E-state index in [0.29, 0.717) is 24.8 Å². The van der Waals surface area contributed by atoms with E-state index in [1.54, 1.807) is 6.92 Å². The lowest BCUT2D eigenvalue weighted by Gasteiger charge is -2.33. The normalized spacial score (nSPS) is 27.2. The van der Waals surface area contributed by atoms with Crippen LogP contribution in [0.1, 0.15) is 31.5 Å². The molecule has 1 aliphatic rings. The van der Waals surface area contributed by atoms with Crippen molar-refractivity contribution in [2.24, 2.45) is 5.92 Å². The molecular weight excluding hydrogens is 209 g/mol. The molecule has 1 saturated heterocycles. The first kappa shape index (κ1) is 11.5. The highest BCUT2D eigenvalue weighted by molar-refractivity contribution is 4.86. The quantitative estimate of drug-likeness (QED) is 0.791. The molecule has 1 aliphatic heterocycles. The standard InChI is InChI=1S/C11H18FN3O/c1-3-9-4-5-15(6-10(9)12)7-11-13-8(2)14-16-11/h9-10H,3-7H2,1-2H3. The van der Waals surface area contributed by atoms with E-state index in [2.05, 4.69) is 10.1 Å². The van der Waals surface area contributed by atoms with Crippen LogP contribution in [-0.4, -0.2) is 34.3 Å². The van der Waals surface area contributed by atoms with Crippen LogP contribution in [0.25, 0.3) is 0 Å². The first-order valence-corrected chi connectivity index (χ1v) is 5.84. The maximum atomic E-state index is 13.7. The number of hydrogen-bond acceptors (Lipinski definition) is 4. The Hall–Kier alpha value is -0.970. The van der Waals surface area contributed by atoms with Crippen molar-refractivity contribution in [1.82, 2.24) is 15.0 Å². The maximum Gasteiger partial charge on any atom is 0.240 e. The summed E-state index contributed by atoms with van der Waals surface area (Å²) in [6, 6.07) is 0. The van der Waals surface area contributed by atoms with Crippen LogP contribution in [0.4, 0.5) is 4.39 Å². The average molecular weight is 227 g/mol. The molecule has 2 rings (SSSR count). The molecule has 0 aliphatic carbocycles. The van der Waals surface area contributed by atoms with Crippen molar-refractivity contribution >= 4 is 0 Å². The molecule has 1 fully saturated rings. The Kier molecular flexibility index (Phi) is 3.53. The van der Waals surface area contributed by atoms with Crippen LogP contribution >= 0.6 is 0 Å². The maximum absolute atomic E-state index is 13.7. The highest BCUT2D eigenvalue weighted by Gasteiger charge is 2.28. The number of halogens is 1. The molecule has 5 heteroatoms. The molecule has 2 unspecified atom stereocenters. The van der Waals surface area contributed by atoms with Crippen molar-refractivity contribution in [3.8, 4) is 0 Å². The summed E-state index contributed by atoms with van der Waals surface area (Å²) in [5.41, 5.74) is 0. The van der Waals surface area contributed by atoms with Crippen molar-refractivity contribution < 1.29 is 8.91 Å². The summed E-state index contributed by atoms with van der Waals surface area (Å²) in [5.74, 6) is 1.44. The largest absolute Gasteiger partial charge is 0.338 e. The van der Waals surface area contributed by atoms with Crippen LogP contribution in [0.5, 0.6) is 0 Å². The predicted octanol–water partition coefficient (Wildman–Crippen LogP) is 1.95. The molecule has 4 nitrogen and oxygen atoms in total. The number of aromatic nitrogens is 2. The summed E-state index contributed by atoms with van der Waals surface area (Å²) < 4.78 is 18.7. The Labute approximate surface area is 94.8 Å². The second kappa shape index (κ2) is 4.91. The molecule has 0 aromatic carbocycles. The number of aryl methyl sites for hydroxylation is 1. The molecule has 0 saturated carbocycles. The number of nitrogens with zero attached hydrogens (tertiary/aromatic N) is 3. The molecule has 0 amide bonds. The Morgan fingerprint density at radius 3 is 2.94 bits per heavy atom. The number of alkyl halides is 1. The SMILES string of the molecule is CCC1CCN(Cc2nc(C)no2)CC1F. The predicted molar refractivity (Wildman–Crippen MR) is 57.6 cm³/mol. The number of rotatable bonds is 3. The molecule has 90 valence electrons. The minimum atomic E-state index is -0.720. The molecule has 1 aromatic rings. The zero-order chi connectivity index (χ0) is 11.5. The zero-order valence-corrected chi connectivity index (χ0v) is 9.82. The van der Waals surface area contributed by atoms with Gasteiger partial charge in [0.25, 0.3) is 0 Å². The molecule has 0 radical (unpaired) electrons. The third kappa shape index (κ3) is 2.58. The smallest absolute Gasteiger partial charge is 0.240 e.